The topological polar surface area (TPSA) is 47.9 Å². The number of allylic oxidation sites excluding steroid dienone is 1. The van der Waals surface area contributed by atoms with Crippen LogP contribution in [0.25, 0.3) is 5.57 Å². The predicted octanol–water partition coefficient (Wildman–Crippen LogP) is 4.86. The molecule has 5 heteroatoms. The number of rotatable bonds is 7. The van der Waals surface area contributed by atoms with Crippen LogP contribution in [0.15, 0.2) is 28.8 Å². The fourth-order valence-electron chi connectivity index (χ4n) is 2.73. The first-order valence-electron chi connectivity index (χ1n) is 8.76. The lowest BCUT2D eigenvalue weighted by atomic mass is 9.92. The maximum absolute atomic E-state index is 14.2. The first kappa shape index (κ1) is 22.0. The van der Waals surface area contributed by atoms with E-state index in [9.17, 15) is 9.18 Å². The number of carbonyl (C=O) groups is 1. The molecular weight excluding hydrogens is 333 g/mol. The molecule has 1 aromatic rings. The van der Waals surface area contributed by atoms with Gasteiger partial charge in [-0.2, -0.15) is 0 Å². The van der Waals surface area contributed by atoms with Gasteiger partial charge in [0.25, 0.3) is 0 Å². The second-order valence-corrected chi connectivity index (χ2v) is 7.17. The van der Waals surface area contributed by atoms with Crippen LogP contribution in [0.4, 0.5) is 4.39 Å². The maximum Gasteiger partial charge on any atom is 0.165 e. The fraction of sp³-hybridized carbons (Fsp3) is 0.524. The number of ether oxygens (including phenoxy) is 2. The number of nitrogens with zero attached hydrogens (tertiary/aromatic N) is 1. The molecule has 0 aliphatic heterocycles. The molecule has 1 rings (SSSR count). The zero-order valence-corrected chi connectivity index (χ0v) is 17.1. The summed E-state index contributed by atoms with van der Waals surface area (Å²) in [5.74, 6) is -0.394. The highest BCUT2D eigenvalue weighted by atomic mass is 19.1. The average molecular weight is 363 g/mol. The molecule has 26 heavy (non-hydrogen) atoms. The van der Waals surface area contributed by atoms with Crippen molar-refractivity contribution < 1.29 is 18.7 Å². The van der Waals surface area contributed by atoms with Gasteiger partial charge >= 0.3 is 0 Å². The van der Waals surface area contributed by atoms with Crippen LogP contribution in [0.3, 0.4) is 0 Å². The third kappa shape index (κ3) is 5.77. The molecule has 0 N–H and O–H groups in total. The van der Waals surface area contributed by atoms with Crippen molar-refractivity contribution in [2.45, 2.75) is 60.2 Å². The summed E-state index contributed by atoms with van der Waals surface area (Å²) in [6.45, 7) is 13.4. The number of carbonyl (C=O) groups excluding carboxylic acids is 1. The lowest BCUT2D eigenvalue weighted by molar-refractivity contribution is -0.133. The van der Waals surface area contributed by atoms with Crippen molar-refractivity contribution in [3.63, 3.8) is 0 Å². The molecule has 4 nitrogen and oxygen atoms in total. The van der Waals surface area contributed by atoms with Gasteiger partial charge in [-0.1, -0.05) is 6.07 Å². The molecule has 0 saturated carbocycles. The van der Waals surface area contributed by atoms with Gasteiger partial charge in [0.1, 0.15) is 6.10 Å². The van der Waals surface area contributed by atoms with Crippen molar-refractivity contribution in [3.05, 3.63) is 35.2 Å². The van der Waals surface area contributed by atoms with E-state index in [4.69, 9.17) is 9.47 Å². The van der Waals surface area contributed by atoms with Crippen LogP contribution < -0.4 is 4.74 Å². The Hall–Kier alpha value is -2.01. The standard InChI is InChI=1S/C21H30FNO3/c1-9-23-14(3)19(20(15(4)24)26-21(5,6)7)13(2)16-10-11-18(25-8)17(22)12-16/h10-12,20H,9H2,1-8H3/b19-13-,23-14?. The summed E-state index contributed by atoms with van der Waals surface area (Å²) in [5.41, 5.74) is 2.29. The Morgan fingerprint density at radius 3 is 2.27 bits per heavy atom. The van der Waals surface area contributed by atoms with Crippen LogP contribution in [-0.2, 0) is 9.53 Å². The predicted molar refractivity (Wildman–Crippen MR) is 105 cm³/mol. The monoisotopic (exact) mass is 363 g/mol. The lowest BCUT2D eigenvalue weighted by Gasteiger charge is -2.29. The summed E-state index contributed by atoms with van der Waals surface area (Å²) in [5, 5.41) is 0. The van der Waals surface area contributed by atoms with Crippen LogP contribution in [0.5, 0.6) is 5.75 Å². The maximum atomic E-state index is 14.2. The van der Waals surface area contributed by atoms with Gasteiger partial charge in [-0.15, -0.1) is 0 Å². The van der Waals surface area contributed by atoms with Crippen LogP contribution in [0.2, 0.25) is 0 Å². The third-order valence-corrected chi connectivity index (χ3v) is 3.88. The van der Waals surface area contributed by atoms with E-state index in [1.807, 2.05) is 41.5 Å². The Morgan fingerprint density at radius 1 is 1.23 bits per heavy atom. The van der Waals surface area contributed by atoms with Crippen LogP contribution in [0, 0.1) is 5.82 Å². The normalized spacial score (nSPS) is 14.7. The molecular formula is C21H30FNO3. The average Bonchev–Trinajstić information content (AvgIpc) is 2.53. The van der Waals surface area contributed by atoms with Crippen molar-refractivity contribution in [3.8, 4) is 5.75 Å². The minimum atomic E-state index is -0.768. The van der Waals surface area contributed by atoms with E-state index in [0.29, 0.717) is 23.4 Å². The van der Waals surface area contributed by atoms with Crippen LogP contribution in [-0.4, -0.2) is 36.9 Å². The Balaban J connectivity index is 3.61. The number of halogens is 1. The Morgan fingerprint density at radius 2 is 1.85 bits per heavy atom. The highest BCUT2D eigenvalue weighted by Gasteiger charge is 2.29. The zero-order valence-electron chi connectivity index (χ0n) is 17.1. The van der Waals surface area contributed by atoms with E-state index >= 15 is 0 Å². The molecule has 0 radical (unpaired) electrons. The van der Waals surface area contributed by atoms with Gasteiger partial charge in [0.15, 0.2) is 17.3 Å². The summed E-state index contributed by atoms with van der Waals surface area (Å²) < 4.78 is 25.2. The smallest absolute Gasteiger partial charge is 0.165 e. The molecule has 0 saturated heterocycles. The lowest BCUT2D eigenvalue weighted by Crippen LogP contribution is -2.36. The zero-order chi connectivity index (χ0) is 20.1. The van der Waals surface area contributed by atoms with E-state index < -0.39 is 17.5 Å². The molecule has 0 fully saturated rings. The van der Waals surface area contributed by atoms with Gasteiger partial charge in [0.2, 0.25) is 0 Å². The van der Waals surface area contributed by atoms with Crippen molar-refractivity contribution in [1.82, 2.24) is 0 Å². The van der Waals surface area contributed by atoms with E-state index in [1.54, 1.807) is 12.1 Å². The first-order valence-corrected chi connectivity index (χ1v) is 8.76. The molecule has 0 aromatic heterocycles. The van der Waals surface area contributed by atoms with Gasteiger partial charge in [0, 0.05) is 17.8 Å². The number of methoxy groups -OCH3 is 1. The summed E-state index contributed by atoms with van der Waals surface area (Å²) in [6, 6.07) is 4.75. The summed E-state index contributed by atoms with van der Waals surface area (Å²) >= 11 is 0. The molecule has 1 unspecified atom stereocenters. The molecule has 0 spiro atoms. The first-order chi connectivity index (χ1) is 12.0. The molecule has 0 aliphatic carbocycles. The van der Waals surface area contributed by atoms with Gasteiger partial charge in [0.05, 0.1) is 12.7 Å². The van der Waals surface area contributed by atoms with Gasteiger partial charge in [-0.25, -0.2) is 4.39 Å². The second-order valence-electron chi connectivity index (χ2n) is 7.17. The highest BCUT2D eigenvalue weighted by Crippen LogP contribution is 2.29. The Bertz CT molecular complexity index is 714. The SMILES string of the molecule is CCN=C(C)/C(=C(\C)c1ccc(OC)c(F)c1)C(OC(C)(C)C)C(C)=O. The quantitative estimate of drug-likeness (QED) is 0.650. The molecule has 144 valence electrons. The minimum absolute atomic E-state index is 0.117. The number of hydrogen-bond donors (Lipinski definition) is 0. The van der Waals surface area contributed by atoms with E-state index in [2.05, 4.69) is 4.99 Å². The Labute approximate surface area is 156 Å². The highest BCUT2D eigenvalue weighted by molar-refractivity contribution is 6.10. The summed E-state index contributed by atoms with van der Waals surface area (Å²) in [4.78, 5) is 16.8. The minimum Gasteiger partial charge on any atom is -0.494 e. The molecule has 1 atom stereocenters. The third-order valence-electron chi connectivity index (χ3n) is 3.88. The van der Waals surface area contributed by atoms with E-state index in [-0.39, 0.29) is 11.5 Å². The number of aliphatic imine (C=N–C) groups is 1. The van der Waals surface area contributed by atoms with Gasteiger partial charge in [-0.05, 0) is 71.7 Å². The molecule has 0 amide bonds. The largest absolute Gasteiger partial charge is 0.494 e. The van der Waals surface area contributed by atoms with Crippen molar-refractivity contribution in [1.29, 1.82) is 0 Å². The second kappa shape index (κ2) is 9.08. The number of benzene rings is 1. The summed E-state index contributed by atoms with van der Waals surface area (Å²) in [7, 11) is 1.42. The number of ketones is 1. The van der Waals surface area contributed by atoms with Crippen molar-refractivity contribution in [2.75, 3.05) is 13.7 Å². The van der Waals surface area contributed by atoms with Gasteiger partial charge < -0.3 is 9.47 Å². The van der Waals surface area contributed by atoms with Crippen LogP contribution >= 0.6 is 0 Å². The van der Waals surface area contributed by atoms with Crippen molar-refractivity contribution in [2.24, 2.45) is 4.99 Å². The molecule has 0 aliphatic rings. The van der Waals surface area contributed by atoms with Crippen molar-refractivity contribution >= 4 is 17.1 Å². The Kier molecular flexibility index (Phi) is 7.69. The summed E-state index contributed by atoms with van der Waals surface area (Å²) in [6.07, 6.45) is -0.768. The molecule has 0 heterocycles. The number of Topliss-reactive ketones (excluding diaryl/α,β-unsaturated/α-hetero) is 1. The van der Waals surface area contributed by atoms with E-state index in [0.717, 1.165) is 5.57 Å². The van der Waals surface area contributed by atoms with Gasteiger partial charge in [-0.3, -0.25) is 9.79 Å². The van der Waals surface area contributed by atoms with Crippen LogP contribution in [0.1, 0.15) is 54.0 Å². The fourth-order valence-corrected chi connectivity index (χ4v) is 2.73. The van der Waals surface area contributed by atoms with E-state index in [1.165, 1.54) is 20.1 Å². The molecule has 1 aromatic carbocycles. The number of hydrogen-bond acceptors (Lipinski definition) is 4. The molecule has 0 bridgehead atoms.